The maximum atomic E-state index is 3.59. The number of anilines is 1. The van der Waals surface area contributed by atoms with Crippen LogP contribution in [-0.4, -0.2) is 37.3 Å². The molecule has 82 valence electrons. The Bertz CT molecular complexity index is 327. The zero-order valence-corrected chi connectivity index (χ0v) is 10.2. The van der Waals surface area contributed by atoms with Gasteiger partial charge in [-0.3, -0.25) is 0 Å². The maximum absolute atomic E-state index is 3.59. The second-order valence-electron chi connectivity index (χ2n) is 4.12. The summed E-state index contributed by atoms with van der Waals surface area (Å²) >= 11 is 1.79. The highest BCUT2D eigenvalue weighted by Gasteiger charge is 2.18. The van der Waals surface area contributed by atoms with Gasteiger partial charge in [0.15, 0.2) is 0 Å². The molecule has 1 atom stereocenters. The van der Waals surface area contributed by atoms with Gasteiger partial charge in [0.1, 0.15) is 0 Å². The molecule has 2 nitrogen and oxygen atoms in total. The number of hydrogen-bond acceptors (Lipinski definition) is 3. The second kappa shape index (κ2) is 4.90. The van der Waals surface area contributed by atoms with Gasteiger partial charge in [0.2, 0.25) is 0 Å². The van der Waals surface area contributed by atoms with Crippen molar-refractivity contribution in [3.05, 3.63) is 24.3 Å². The van der Waals surface area contributed by atoms with E-state index in [1.165, 1.54) is 23.5 Å². The molecule has 1 saturated heterocycles. The molecular weight excluding hydrogens is 204 g/mol. The van der Waals surface area contributed by atoms with Crippen molar-refractivity contribution in [1.82, 2.24) is 4.90 Å². The molecule has 1 unspecified atom stereocenters. The van der Waals surface area contributed by atoms with Crippen LogP contribution in [0, 0.1) is 0 Å². The van der Waals surface area contributed by atoms with Crippen molar-refractivity contribution < 1.29 is 0 Å². The molecular formula is C12H18N2S. The lowest BCUT2D eigenvalue weighted by Crippen LogP contribution is -2.23. The summed E-state index contributed by atoms with van der Waals surface area (Å²) in [6.45, 7) is 2.36. The van der Waals surface area contributed by atoms with Gasteiger partial charge in [-0.15, -0.1) is 11.8 Å². The molecule has 1 N–H and O–H groups in total. The highest BCUT2D eigenvalue weighted by Crippen LogP contribution is 2.21. The molecule has 15 heavy (non-hydrogen) atoms. The van der Waals surface area contributed by atoms with E-state index in [9.17, 15) is 0 Å². The Kier molecular flexibility index (Phi) is 3.54. The normalized spacial score (nSPS) is 21.9. The molecule has 1 aliphatic rings. The minimum absolute atomic E-state index is 0.618. The van der Waals surface area contributed by atoms with Gasteiger partial charge >= 0.3 is 0 Å². The molecule has 0 spiro atoms. The molecule has 3 heteroatoms. The number of thioether (sulfide) groups is 1. The van der Waals surface area contributed by atoms with Gasteiger partial charge < -0.3 is 10.2 Å². The zero-order valence-electron chi connectivity index (χ0n) is 9.36. The van der Waals surface area contributed by atoms with Gasteiger partial charge in [-0.25, -0.2) is 0 Å². The third-order valence-electron chi connectivity index (χ3n) is 2.83. The van der Waals surface area contributed by atoms with E-state index in [1.807, 2.05) is 0 Å². The minimum atomic E-state index is 0.618. The van der Waals surface area contributed by atoms with Gasteiger partial charge in [0, 0.05) is 23.2 Å². The third-order valence-corrected chi connectivity index (χ3v) is 3.56. The number of hydrogen-bond donors (Lipinski definition) is 1. The summed E-state index contributed by atoms with van der Waals surface area (Å²) in [7, 11) is 2.18. The largest absolute Gasteiger partial charge is 0.381 e. The summed E-state index contributed by atoms with van der Waals surface area (Å²) in [6.07, 6.45) is 3.36. The number of nitrogens with zero attached hydrogens (tertiary/aromatic N) is 1. The quantitative estimate of drug-likeness (QED) is 0.791. The van der Waals surface area contributed by atoms with E-state index in [1.54, 1.807) is 11.8 Å². The summed E-state index contributed by atoms with van der Waals surface area (Å²) in [4.78, 5) is 3.70. The van der Waals surface area contributed by atoms with Crippen LogP contribution in [0.4, 0.5) is 5.69 Å². The van der Waals surface area contributed by atoms with E-state index in [0.717, 1.165) is 6.54 Å². The van der Waals surface area contributed by atoms with Crippen LogP contribution in [0.15, 0.2) is 29.2 Å². The number of rotatable bonds is 3. The maximum Gasteiger partial charge on any atom is 0.0400 e. The van der Waals surface area contributed by atoms with Gasteiger partial charge in [-0.05, 0) is 44.5 Å². The molecule has 0 saturated carbocycles. The van der Waals surface area contributed by atoms with E-state index in [4.69, 9.17) is 0 Å². The number of likely N-dealkylation sites (tertiary alicyclic amines) is 1. The van der Waals surface area contributed by atoms with Crippen molar-refractivity contribution in [2.75, 3.05) is 31.7 Å². The monoisotopic (exact) mass is 222 g/mol. The van der Waals surface area contributed by atoms with Crippen LogP contribution in [0.5, 0.6) is 0 Å². The molecule has 1 aromatic rings. The molecule has 1 heterocycles. The molecule has 1 aliphatic heterocycles. The topological polar surface area (TPSA) is 15.3 Å². The van der Waals surface area contributed by atoms with Crippen molar-refractivity contribution >= 4 is 17.4 Å². The molecule has 0 radical (unpaired) electrons. The fourth-order valence-corrected chi connectivity index (χ4v) is 2.46. The highest BCUT2D eigenvalue weighted by atomic mass is 32.2. The first-order chi connectivity index (χ1) is 7.28. The predicted molar refractivity (Wildman–Crippen MR) is 67.7 cm³/mol. The summed E-state index contributed by atoms with van der Waals surface area (Å²) < 4.78 is 0. The van der Waals surface area contributed by atoms with Crippen molar-refractivity contribution in [2.24, 2.45) is 0 Å². The summed E-state index contributed by atoms with van der Waals surface area (Å²) in [5.74, 6) is 0. The number of likely N-dealkylation sites (N-methyl/N-ethyl adjacent to an activating group) is 1. The Hall–Kier alpha value is -0.670. The molecule has 0 aliphatic carbocycles. The fourth-order valence-electron chi connectivity index (χ4n) is 2.00. The van der Waals surface area contributed by atoms with Gasteiger partial charge in [-0.1, -0.05) is 6.07 Å². The summed E-state index contributed by atoms with van der Waals surface area (Å²) in [5.41, 5.74) is 1.25. The Labute approximate surface area is 96.0 Å². The van der Waals surface area contributed by atoms with Crippen LogP contribution in [0.1, 0.15) is 6.42 Å². The number of nitrogens with one attached hydrogen (secondary N) is 1. The average Bonchev–Trinajstić information content (AvgIpc) is 2.64. The van der Waals surface area contributed by atoms with E-state index in [-0.39, 0.29) is 0 Å². The Morgan fingerprint density at radius 3 is 3.00 bits per heavy atom. The molecule has 0 aromatic heterocycles. The fraction of sp³-hybridized carbons (Fsp3) is 0.500. The highest BCUT2D eigenvalue weighted by molar-refractivity contribution is 7.98. The van der Waals surface area contributed by atoms with Crippen molar-refractivity contribution in [3.63, 3.8) is 0 Å². The van der Waals surface area contributed by atoms with Gasteiger partial charge in [0.05, 0.1) is 0 Å². The predicted octanol–water partition coefficient (Wildman–Crippen LogP) is 2.52. The van der Waals surface area contributed by atoms with Crippen molar-refractivity contribution in [2.45, 2.75) is 17.4 Å². The Morgan fingerprint density at radius 1 is 1.47 bits per heavy atom. The molecule has 1 fully saturated rings. The molecule has 0 amide bonds. The van der Waals surface area contributed by atoms with E-state index in [2.05, 4.69) is 47.8 Å². The van der Waals surface area contributed by atoms with Crippen molar-refractivity contribution in [1.29, 1.82) is 0 Å². The minimum Gasteiger partial charge on any atom is -0.381 e. The smallest absolute Gasteiger partial charge is 0.0400 e. The average molecular weight is 222 g/mol. The van der Waals surface area contributed by atoms with Gasteiger partial charge in [0.25, 0.3) is 0 Å². The lowest BCUT2D eigenvalue weighted by Gasteiger charge is -2.14. The van der Waals surface area contributed by atoms with Crippen molar-refractivity contribution in [3.8, 4) is 0 Å². The van der Waals surface area contributed by atoms with Crippen LogP contribution in [0.2, 0.25) is 0 Å². The van der Waals surface area contributed by atoms with Crippen LogP contribution < -0.4 is 5.32 Å². The first kappa shape index (κ1) is 10.8. The van der Waals surface area contributed by atoms with Crippen LogP contribution in [0.25, 0.3) is 0 Å². The summed E-state index contributed by atoms with van der Waals surface area (Å²) in [5, 5.41) is 3.59. The first-order valence-electron chi connectivity index (χ1n) is 5.37. The van der Waals surface area contributed by atoms with E-state index < -0.39 is 0 Å². The molecule has 0 bridgehead atoms. The van der Waals surface area contributed by atoms with E-state index >= 15 is 0 Å². The number of benzene rings is 1. The van der Waals surface area contributed by atoms with Gasteiger partial charge in [-0.2, -0.15) is 0 Å². The zero-order chi connectivity index (χ0) is 10.7. The van der Waals surface area contributed by atoms with Crippen LogP contribution in [0.3, 0.4) is 0 Å². The molecule has 1 aromatic carbocycles. The second-order valence-corrected chi connectivity index (χ2v) is 5.00. The molecule has 2 rings (SSSR count). The van der Waals surface area contributed by atoms with E-state index in [0.29, 0.717) is 6.04 Å². The summed E-state index contributed by atoms with van der Waals surface area (Å²) in [6, 6.07) is 9.26. The SMILES string of the molecule is CSc1cccc(NC2CCN(C)C2)c1. The Balaban J connectivity index is 1.98. The van der Waals surface area contributed by atoms with Crippen LogP contribution >= 0.6 is 11.8 Å². The lowest BCUT2D eigenvalue weighted by molar-refractivity contribution is 0.414. The standard InChI is InChI=1S/C12H18N2S/c1-14-7-6-11(9-14)13-10-4-3-5-12(8-10)15-2/h3-5,8,11,13H,6-7,9H2,1-2H3. The third kappa shape index (κ3) is 2.89. The Morgan fingerprint density at radius 2 is 2.33 bits per heavy atom. The van der Waals surface area contributed by atoms with Crippen LogP contribution in [-0.2, 0) is 0 Å². The first-order valence-corrected chi connectivity index (χ1v) is 6.59. The lowest BCUT2D eigenvalue weighted by atomic mass is 10.2.